The van der Waals surface area contributed by atoms with E-state index in [0.29, 0.717) is 0 Å². The van der Waals surface area contributed by atoms with Crippen LogP contribution in [0.4, 0.5) is 18.9 Å². The van der Waals surface area contributed by atoms with E-state index in [9.17, 15) is 13.2 Å². The van der Waals surface area contributed by atoms with Crippen LogP contribution in [-0.4, -0.2) is 0 Å². The summed E-state index contributed by atoms with van der Waals surface area (Å²) in [6, 6.07) is 5.04. The molecule has 2 rings (SSSR count). The van der Waals surface area contributed by atoms with Gasteiger partial charge in [-0.05, 0) is 18.2 Å². The van der Waals surface area contributed by atoms with Gasteiger partial charge in [-0.25, -0.2) is 13.2 Å². The van der Waals surface area contributed by atoms with E-state index in [-0.39, 0.29) is 16.5 Å². The Morgan fingerprint density at radius 3 is 2.17 bits per heavy atom. The molecule has 0 aromatic heterocycles. The zero-order chi connectivity index (χ0) is 13.3. The van der Waals surface area contributed by atoms with Crippen LogP contribution in [0.15, 0.2) is 30.3 Å². The van der Waals surface area contributed by atoms with Crippen LogP contribution in [-0.2, 0) is 0 Å². The van der Waals surface area contributed by atoms with Gasteiger partial charge in [-0.15, -0.1) is 0 Å². The van der Waals surface area contributed by atoms with Gasteiger partial charge in [-0.1, -0.05) is 11.6 Å². The zero-order valence-electron chi connectivity index (χ0n) is 8.88. The van der Waals surface area contributed by atoms with Crippen molar-refractivity contribution in [3.05, 3.63) is 52.8 Å². The maximum absolute atomic E-state index is 13.4. The quantitative estimate of drug-likeness (QED) is 0.835. The summed E-state index contributed by atoms with van der Waals surface area (Å²) in [5, 5.41) is -0.0920. The lowest BCUT2D eigenvalue weighted by Crippen LogP contribution is -1.96. The molecule has 2 aromatic rings. The van der Waals surface area contributed by atoms with Crippen LogP contribution in [0.2, 0.25) is 5.02 Å². The Kier molecular flexibility index (Phi) is 3.34. The Balaban J connectivity index is 2.40. The molecule has 2 N–H and O–H groups in total. The van der Waals surface area contributed by atoms with Crippen molar-refractivity contribution in [3.63, 3.8) is 0 Å². The lowest BCUT2D eigenvalue weighted by atomic mass is 10.2. The monoisotopic (exact) mass is 273 g/mol. The Bertz CT molecular complexity index is 581. The van der Waals surface area contributed by atoms with Gasteiger partial charge in [0.2, 0.25) is 0 Å². The largest absolute Gasteiger partial charge is 0.450 e. The zero-order valence-corrected chi connectivity index (χ0v) is 9.64. The van der Waals surface area contributed by atoms with Crippen molar-refractivity contribution in [2.24, 2.45) is 0 Å². The van der Waals surface area contributed by atoms with Crippen molar-refractivity contribution in [1.82, 2.24) is 0 Å². The summed E-state index contributed by atoms with van der Waals surface area (Å²) in [5.41, 5.74) is 5.19. The second-order valence-electron chi connectivity index (χ2n) is 3.49. The first-order chi connectivity index (χ1) is 8.47. The maximum Gasteiger partial charge on any atom is 0.198 e. The molecule has 94 valence electrons. The van der Waals surface area contributed by atoms with Crippen LogP contribution in [0.3, 0.4) is 0 Å². The van der Waals surface area contributed by atoms with Gasteiger partial charge < -0.3 is 10.5 Å². The molecule has 6 heteroatoms. The van der Waals surface area contributed by atoms with Gasteiger partial charge in [0.15, 0.2) is 17.4 Å². The van der Waals surface area contributed by atoms with E-state index >= 15 is 0 Å². The van der Waals surface area contributed by atoms with Crippen LogP contribution < -0.4 is 10.5 Å². The molecule has 0 heterocycles. The van der Waals surface area contributed by atoms with Crippen LogP contribution in [0, 0.1) is 17.5 Å². The number of rotatable bonds is 2. The number of hydrogen-bond donors (Lipinski definition) is 1. The fourth-order valence-electron chi connectivity index (χ4n) is 1.34. The minimum atomic E-state index is -0.965. The lowest BCUT2D eigenvalue weighted by molar-refractivity contribution is 0.407. The fourth-order valence-corrected chi connectivity index (χ4v) is 1.55. The third-order valence-electron chi connectivity index (χ3n) is 2.13. The van der Waals surface area contributed by atoms with Gasteiger partial charge in [0, 0.05) is 17.8 Å². The second-order valence-corrected chi connectivity index (χ2v) is 3.90. The Morgan fingerprint density at radius 1 is 1.00 bits per heavy atom. The molecule has 0 saturated carbocycles. The van der Waals surface area contributed by atoms with E-state index in [1.807, 2.05) is 0 Å². The molecule has 2 aromatic carbocycles. The molecular formula is C12H7ClF3NO. The van der Waals surface area contributed by atoms with Gasteiger partial charge in [0.25, 0.3) is 0 Å². The molecule has 0 aliphatic heterocycles. The molecule has 0 radical (unpaired) electrons. The lowest BCUT2D eigenvalue weighted by Gasteiger charge is -2.09. The molecule has 0 amide bonds. The van der Waals surface area contributed by atoms with Gasteiger partial charge in [-0.3, -0.25) is 0 Å². The van der Waals surface area contributed by atoms with Crippen molar-refractivity contribution >= 4 is 17.3 Å². The molecule has 0 fully saturated rings. The Hall–Kier alpha value is -1.88. The minimum Gasteiger partial charge on any atom is -0.450 e. The summed E-state index contributed by atoms with van der Waals surface area (Å²) < 4.78 is 44.7. The molecule has 0 aliphatic rings. The summed E-state index contributed by atoms with van der Waals surface area (Å²) in [6.07, 6.45) is 0. The normalized spacial score (nSPS) is 10.4. The van der Waals surface area contributed by atoms with E-state index in [4.69, 9.17) is 22.1 Å². The van der Waals surface area contributed by atoms with Gasteiger partial charge in [0.1, 0.15) is 11.6 Å². The number of nitrogen functional groups attached to an aromatic ring is 1. The Morgan fingerprint density at radius 2 is 1.61 bits per heavy atom. The third-order valence-corrected chi connectivity index (χ3v) is 2.42. The molecule has 0 aliphatic carbocycles. The average molecular weight is 274 g/mol. The molecule has 0 spiro atoms. The highest BCUT2D eigenvalue weighted by atomic mass is 35.5. The van der Waals surface area contributed by atoms with Gasteiger partial charge in [-0.2, -0.15) is 0 Å². The SMILES string of the molecule is Nc1cc(F)c(Oc2ccc(F)cc2Cl)c(F)c1. The highest BCUT2D eigenvalue weighted by molar-refractivity contribution is 6.32. The summed E-state index contributed by atoms with van der Waals surface area (Å²) in [6.45, 7) is 0. The second kappa shape index (κ2) is 4.78. The highest BCUT2D eigenvalue weighted by Crippen LogP contribution is 2.33. The van der Waals surface area contributed by atoms with Crippen molar-refractivity contribution < 1.29 is 17.9 Å². The number of hydrogen-bond acceptors (Lipinski definition) is 2. The summed E-state index contributed by atoms with van der Waals surface area (Å²) in [4.78, 5) is 0. The van der Waals surface area contributed by atoms with E-state index in [1.54, 1.807) is 0 Å². The van der Waals surface area contributed by atoms with Crippen LogP contribution in [0.1, 0.15) is 0 Å². The topological polar surface area (TPSA) is 35.2 Å². The highest BCUT2D eigenvalue weighted by Gasteiger charge is 2.14. The summed E-state index contributed by atoms with van der Waals surface area (Å²) >= 11 is 5.68. The van der Waals surface area contributed by atoms with Crippen LogP contribution >= 0.6 is 11.6 Å². The minimum absolute atomic E-state index is 0.0550. The number of anilines is 1. The average Bonchev–Trinajstić information content (AvgIpc) is 2.25. The smallest absolute Gasteiger partial charge is 0.198 e. The standard InChI is InChI=1S/C12H7ClF3NO/c13-8-3-6(14)1-2-11(8)18-12-9(15)4-7(17)5-10(12)16/h1-5H,17H2. The first kappa shape index (κ1) is 12.6. The molecule has 18 heavy (non-hydrogen) atoms. The first-order valence-corrected chi connectivity index (χ1v) is 5.22. The van der Waals surface area contributed by atoms with Crippen molar-refractivity contribution in [1.29, 1.82) is 0 Å². The van der Waals surface area contributed by atoms with Gasteiger partial charge in [0.05, 0.1) is 5.02 Å². The van der Waals surface area contributed by atoms with Crippen LogP contribution in [0.5, 0.6) is 11.5 Å². The third kappa shape index (κ3) is 2.51. The molecular weight excluding hydrogens is 267 g/mol. The fraction of sp³-hybridized carbons (Fsp3) is 0. The summed E-state index contributed by atoms with van der Waals surface area (Å²) in [7, 11) is 0. The Labute approximate surface area is 106 Å². The van der Waals surface area contributed by atoms with E-state index < -0.39 is 23.2 Å². The van der Waals surface area contributed by atoms with Crippen LogP contribution in [0.25, 0.3) is 0 Å². The van der Waals surface area contributed by atoms with Crippen molar-refractivity contribution in [3.8, 4) is 11.5 Å². The van der Waals surface area contributed by atoms with Crippen molar-refractivity contribution in [2.75, 3.05) is 5.73 Å². The summed E-state index contributed by atoms with van der Waals surface area (Å²) in [5.74, 6) is -3.20. The van der Waals surface area contributed by atoms with E-state index in [1.165, 1.54) is 6.07 Å². The van der Waals surface area contributed by atoms with E-state index in [0.717, 1.165) is 24.3 Å². The first-order valence-electron chi connectivity index (χ1n) is 4.85. The number of halogens is 4. The molecule has 0 atom stereocenters. The number of ether oxygens (including phenoxy) is 1. The molecule has 0 unspecified atom stereocenters. The predicted molar refractivity (Wildman–Crippen MR) is 62.3 cm³/mol. The number of benzene rings is 2. The van der Waals surface area contributed by atoms with Gasteiger partial charge >= 0.3 is 0 Å². The maximum atomic E-state index is 13.4. The molecule has 2 nitrogen and oxygen atoms in total. The number of nitrogens with two attached hydrogens (primary N) is 1. The molecule has 0 saturated heterocycles. The van der Waals surface area contributed by atoms with Crippen molar-refractivity contribution in [2.45, 2.75) is 0 Å². The molecule has 0 bridgehead atoms. The predicted octanol–water partition coefficient (Wildman–Crippen LogP) is 4.13. The van der Waals surface area contributed by atoms with E-state index in [2.05, 4.69) is 0 Å².